The van der Waals surface area contributed by atoms with Gasteiger partial charge in [-0.25, -0.2) is 0 Å². The van der Waals surface area contributed by atoms with E-state index in [1.807, 2.05) is 0 Å². The molecule has 0 bridgehead atoms. The topological polar surface area (TPSA) is 3.24 Å². The molecule has 0 unspecified atom stereocenters. The Morgan fingerprint density at radius 1 is 0.388 bits per heavy atom. The Balaban J connectivity index is 1.22. The van der Waals surface area contributed by atoms with Crippen LogP contribution in [-0.2, 0) is 5.41 Å². The fourth-order valence-electron chi connectivity index (χ4n) is 8.23. The van der Waals surface area contributed by atoms with E-state index in [0.29, 0.717) is 14.5 Å². The van der Waals surface area contributed by atoms with Crippen molar-refractivity contribution in [3.8, 4) is 11.1 Å². The van der Waals surface area contributed by atoms with Crippen LogP contribution >= 0.6 is 0 Å². The van der Waals surface area contributed by atoms with Crippen molar-refractivity contribution in [2.24, 2.45) is 0 Å². The van der Waals surface area contributed by atoms with Crippen molar-refractivity contribution in [1.29, 1.82) is 0 Å². The summed E-state index contributed by atoms with van der Waals surface area (Å²) < 4.78 is 2.97. The molecule has 0 saturated heterocycles. The van der Waals surface area contributed by atoms with Gasteiger partial charge in [0.05, 0.1) is 0 Å². The van der Waals surface area contributed by atoms with E-state index < -0.39 is 5.41 Å². The molecule has 2 heteroatoms. The summed E-state index contributed by atoms with van der Waals surface area (Å²) in [6.45, 7) is 0. The fraction of sp³-hybridized carbons (Fsp3) is 0.0213. The molecule has 1 nitrogen and oxygen atoms in total. The molecule has 0 radical (unpaired) electrons. The van der Waals surface area contributed by atoms with E-state index in [4.69, 9.17) is 0 Å². The van der Waals surface area contributed by atoms with Gasteiger partial charge in [0.2, 0.25) is 0 Å². The van der Waals surface area contributed by atoms with Crippen molar-refractivity contribution < 1.29 is 0 Å². The zero-order chi connectivity index (χ0) is 32.4. The summed E-state index contributed by atoms with van der Waals surface area (Å²) in [5.41, 5.74) is 10.8. The van der Waals surface area contributed by atoms with Crippen molar-refractivity contribution >= 4 is 61.6 Å². The van der Waals surface area contributed by atoms with Crippen molar-refractivity contribution in [3.05, 3.63) is 210 Å². The molecule has 1 aliphatic carbocycles. The Hall–Kier alpha value is -5.66. The number of rotatable bonds is 5. The predicted molar refractivity (Wildman–Crippen MR) is 208 cm³/mol. The van der Waals surface area contributed by atoms with Crippen molar-refractivity contribution in [2.75, 3.05) is 4.90 Å². The Kier molecular flexibility index (Phi) is 6.49. The Morgan fingerprint density at radius 3 is 1.76 bits per heavy atom. The number of hydrogen-bond acceptors (Lipinski definition) is 1. The van der Waals surface area contributed by atoms with Crippen LogP contribution in [0.4, 0.5) is 17.1 Å². The second kappa shape index (κ2) is 11.2. The van der Waals surface area contributed by atoms with Crippen LogP contribution < -0.4 is 4.90 Å². The van der Waals surface area contributed by atoms with Crippen LogP contribution in [0.3, 0.4) is 0 Å². The molecule has 1 aromatic heterocycles. The zero-order valence-corrected chi connectivity index (χ0v) is 28.5. The molecule has 0 amide bonds. The maximum atomic E-state index is 2.45. The number of para-hydroxylation sites is 1. The first kappa shape index (κ1) is 28.4. The molecule has 0 N–H and O–H groups in total. The van der Waals surface area contributed by atoms with Gasteiger partial charge in [-0.3, -0.25) is 0 Å². The summed E-state index contributed by atoms with van der Waals surface area (Å²) in [6.07, 6.45) is 0. The molecular weight excluding hydrogens is 657 g/mol. The van der Waals surface area contributed by atoms with Crippen LogP contribution in [0.1, 0.15) is 22.3 Å². The van der Waals surface area contributed by atoms with Crippen LogP contribution in [0.15, 0.2) is 188 Å². The fourth-order valence-corrected chi connectivity index (χ4v) is 10.8. The molecule has 230 valence electrons. The summed E-state index contributed by atoms with van der Waals surface area (Å²) in [7, 11) is 0. The third-order valence-electron chi connectivity index (χ3n) is 10.3. The number of anilines is 3. The van der Waals surface area contributed by atoms with Crippen LogP contribution in [0.25, 0.3) is 41.2 Å². The number of nitrogens with zero attached hydrogens (tertiary/aromatic N) is 1. The quantitative estimate of drug-likeness (QED) is 0.163. The molecule has 8 aromatic carbocycles. The Morgan fingerprint density at radius 2 is 0.980 bits per heavy atom. The monoisotopic (exact) mass is 689 g/mol. The number of fused-ring (bicyclic) bond motifs is 8. The van der Waals surface area contributed by atoms with E-state index >= 15 is 0 Å². The Bertz CT molecular complexity index is 2620. The van der Waals surface area contributed by atoms with Gasteiger partial charge in [0.25, 0.3) is 0 Å². The average Bonchev–Trinajstić information content (AvgIpc) is 3.70. The molecule has 0 atom stereocenters. The molecule has 1 heterocycles. The van der Waals surface area contributed by atoms with Gasteiger partial charge in [-0.2, -0.15) is 0 Å². The second-order valence-corrected chi connectivity index (χ2v) is 15.1. The number of hydrogen-bond donors (Lipinski definition) is 0. The molecule has 49 heavy (non-hydrogen) atoms. The van der Waals surface area contributed by atoms with Gasteiger partial charge in [0.1, 0.15) is 0 Å². The van der Waals surface area contributed by atoms with E-state index in [0.717, 1.165) is 17.1 Å². The second-order valence-electron chi connectivity index (χ2n) is 12.9. The van der Waals surface area contributed by atoms with Gasteiger partial charge in [-0.05, 0) is 0 Å². The molecule has 10 rings (SSSR count). The van der Waals surface area contributed by atoms with Gasteiger partial charge < -0.3 is 0 Å². The molecule has 0 saturated carbocycles. The van der Waals surface area contributed by atoms with Gasteiger partial charge in [0, 0.05) is 0 Å². The van der Waals surface area contributed by atoms with Crippen molar-refractivity contribution in [3.63, 3.8) is 0 Å². The SMILES string of the molecule is c1ccc(N(c2ccc3c(c2)C(c2ccccc2)(c2ccccc2)c2ccccc2-3)c2ccc3c(ccc4c5ccccc5[se]c34)c2)cc1. The normalized spacial score (nSPS) is 13.1. The standard InChI is InChI=1S/C47H31NSe/c1-4-14-33(15-5-1)47(34-16-6-2-7-17-34)43-22-12-10-20-39(43)40-29-26-37(31-44(40)47)48(35-18-8-3-9-19-35)36-25-28-38-32(30-36)24-27-42-41-21-11-13-23-45(41)49-46(38)42/h1-31H. The van der Waals surface area contributed by atoms with E-state index in [-0.39, 0.29) is 0 Å². The van der Waals surface area contributed by atoms with Crippen LogP contribution in [0, 0.1) is 0 Å². The van der Waals surface area contributed by atoms with Crippen molar-refractivity contribution in [2.45, 2.75) is 5.41 Å². The van der Waals surface area contributed by atoms with E-state index in [1.165, 1.54) is 63.4 Å². The molecule has 0 fully saturated rings. The Labute approximate surface area is 292 Å². The summed E-state index contributed by atoms with van der Waals surface area (Å²) in [4.78, 5) is 2.43. The van der Waals surface area contributed by atoms with Crippen LogP contribution in [0.5, 0.6) is 0 Å². The molecule has 0 aliphatic heterocycles. The first-order valence-electron chi connectivity index (χ1n) is 16.9. The summed E-state index contributed by atoms with van der Waals surface area (Å²) in [5.74, 6) is 0. The maximum absolute atomic E-state index is 2.45. The molecule has 1 aliphatic rings. The van der Waals surface area contributed by atoms with Gasteiger partial charge in [-0.15, -0.1) is 0 Å². The molecular formula is C47H31NSe. The number of benzene rings is 8. The minimum atomic E-state index is -0.451. The van der Waals surface area contributed by atoms with E-state index in [2.05, 4.69) is 193 Å². The summed E-state index contributed by atoms with van der Waals surface area (Å²) in [6, 6.07) is 69.6. The zero-order valence-electron chi connectivity index (χ0n) is 26.8. The first-order chi connectivity index (χ1) is 24.3. The third kappa shape index (κ3) is 4.25. The first-order valence-corrected chi connectivity index (χ1v) is 18.6. The van der Waals surface area contributed by atoms with Crippen molar-refractivity contribution in [1.82, 2.24) is 0 Å². The van der Waals surface area contributed by atoms with E-state index in [9.17, 15) is 0 Å². The molecule has 0 spiro atoms. The summed E-state index contributed by atoms with van der Waals surface area (Å²) >= 11 is 0.305. The van der Waals surface area contributed by atoms with Gasteiger partial charge in [-0.1, -0.05) is 48.5 Å². The average molecular weight is 689 g/mol. The van der Waals surface area contributed by atoms with Crippen LogP contribution in [-0.4, -0.2) is 14.5 Å². The minimum absolute atomic E-state index is 0.305. The summed E-state index contributed by atoms with van der Waals surface area (Å²) in [5, 5.41) is 5.44. The van der Waals surface area contributed by atoms with E-state index in [1.54, 1.807) is 0 Å². The third-order valence-corrected chi connectivity index (χ3v) is 12.9. The van der Waals surface area contributed by atoms with Gasteiger partial charge >= 0.3 is 245 Å². The van der Waals surface area contributed by atoms with Crippen LogP contribution in [0.2, 0.25) is 0 Å². The molecule has 9 aromatic rings. The predicted octanol–water partition coefficient (Wildman–Crippen LogP) is 12.0. The van der Waals surface area contributed by atoms with Gasteiger partial charge in [0.15, 0.2) is 0 Å².